The lowest BCUT2D eigenvalue weighted by molar-refractivity contribution is 0.391. The first kappa shape index (κ1) is 12.2. The third kappa shape index (κ3) is 2.18. The van der Waals surface area contributed by atoms with E-state index in [1.165, 1.54) is 50.2 Å². The van der Waals surface area contributed by atoms with Gasteiger partial charge in [-0.2, -0.15) is 0 Å². The fraction of sp³-hybridized carbons (Fsp3) is 0.857. The molecule has 3 rings (SSSR count). The van der Waals surface area contributed by atoms with Crippen LogP contribution >= 0.6 is 0 Å². The summed E-state index contributed by atoms with van der Waals surface area (Å²) in [6.07, 6.45) is 9.24. The Morgan fingerprint density at radius 2 is 1.83 bits per heavy atom. The Hall–Kier alpha value is -0.900. The molecule has 1 saturated carbocycles. The van der Waals surface area contributed by atoms with Gasteiger partial charge < -0.3 is 9.88 Å². The van der Waals surface area contributed by atoms with Gasteiger partial charge >= 0.3 is 0 Å². The van der Waals surface area contributed by atoms with Crippen LogP contribution in [-0.2, 0) is 6.54 Å². The molecule has 2 heterocycles. The molecule has 1 fully saturated rings. The first-order chi connectivity index (χ1) is 8.90. The van der Waals surface area contributed by atoms with Crippen molar-refractivity contribution in [2.45, 2.75) is 70.4 Å². The molecule has 1 atom stereocenters. The monoisotopic (exact) mass is 248 g/mol. The van der Waals surface area contributed by atoms with Crippen molar-refractivity contribution in [1.29, 1.82) is 0 Å². The van der Waals surface area contributed by atoms with E-state index in [0.29, 0.717) is 12.0 Å². The van der Waals surface area contributed by atoms with Gasteiger partial charge in [0.2, 0.25) is 0 Å². The Kier molecular flexibility index (Phi) is 3.64. The van der Waals surface area contributed by atoms with E-state index in [0.717, 1.165) is 19.5 Å². The van der Waals surface area contributed by atoms with E-state index in [9.17, 15) is 0 Å². The summed E-state index contributed by atoms with van der Waals surface area (Å²) >= 11 is 0. The van der Waals surface area contributed by atoms with E-state index < -0.39 is 0 Å². The van der Waals surface area contributed by atoms with Crippen LogP contribution in [0.25, 0.3) is 0 Å². The molecule has 2 aliphatic rings. The molecule has 1 aliphatic heterocycles. The predicted octanol–water partition coefficient (Wildman–Crippen LogP) is 2.77. The Morgan fingerprint density at radius 3 is 2.56 bits per heavy atom. The topological polar surface area (TPSA) is 42.7 Å². The average Bonchev–Trinajstić information content (AvgIpc) is 2.66. The van der Waals surface area contributed by atoms with Gasteiger partial charge in [-0.1, -0.05) is 32.6 Å². The van der Waals surface area contributed by atoms with E-state index >= 15 is 0 Å². The molecular weight excluding hydrogens is 224 g/mol. The van der Waals surface area contributed by atoms with Crippen LogP contribution in [0.3, 0.4) is 0 Å². The maximum Gasteiger partial charge on any atom is 0.150 e. The van der Waals surface area contributed by atoms with Gasteiger partial charge in [-0.25, -0.2) is 0 Å². The lowest BCUT2D eigenvalue weighted by Crippen LogP contribution is -2.34. The number of fused-ring (bicyclic) bond motifs is 1. The second-order valence-electron chi connectivity index (χ2n) is 5.67. The minimum Gasteiger partial charge on any atom is -0.312 e. The predicted molar refractivity (Wildman–Crippen MR) is 71.5 cm³/mol. The summed E-state index contributed by atoms with van der Waals surface area (Å²) in [6.45, 7) is 4.32. The van der Waals surface area contributed by atoms with Gasteiger partial charge in [-0.15, -0.1) is 10.2 Å². The van der Waals surface area contributed by atoms with Gasteiger partial charge in [0.05, 0.1) is 6.04 Å². The highest BCUT2D eigenvalue weighted by Crippen LogP contribution is 2.32. The highest BCUT2D eigenvalue weighted by molar-refractivity contribution is 5.08. The first-order valence-corrected chi connectivity index (χ1v) is 7.56. The summed E-state index contributed by atoms with van der Waals surface area (Å²) in [6, 6.07) is 0.408. The van der Waals surface area contributed by atoms with Crippen LogP contribution in [0.4, 0.5) is 0 Å². The number of hydrogen-bond acceptors (Lipinski definition) is 3. The molecule has 0 radical (unpaired) electrons. The summed E-state index contributed by atoms with van der Waals surface area (Å²) in [5, 5.41) is 12.5. The first-order valence-electron chi connectivity index (χ1n) is 7.56. The largest absolute Gasteiger partial charge is 0.312 e. The van der Waals surface area contributed by atoms with Gasteiger partial charge in [0.15, 0.2) is 0 Å². The molecule has 4 nitrogen and oxygen atoms in total. The van der Waals surface area contributed by atoms with Crippen molar-refractivity contribution in [2.24, 2.45) is 0 Å². The van der Waals surface area contributed by atoms with Gasteiger partial charge in [0, 0.05) is 19.0 Å². The van der Waals surface area contributed by atoms with Crippen LogP contribution in [0.5, 0.6) is 0 Å². The Bertz CT molecular complexity index is 390. The lowest BCUT2D eigenvalue weighted by atomic mass is 9.99. The molecule has 0 amide bonds. The van der Waals surface area contributed by atoms with Crippen molar-refractivity contribution in [3.05, 3.63) is 11.6 Å². The van der Waals surface area contributed by atoms with Crippen LogP contribution in [0.2, 0.25) is 0 Å². The fourth-order valence-corrected chi connectivity index (χ4v) is 3.42. The Labute approximate surface area is 109 Å². The van der Waals surface area contributed by atoms with E-state index in [1.807, 2.05) is 0 Å². The highest BCUT2D eigenvalue weighted by Gasteiger charge is 2.27. The fourth-order valence-electron chi connectivity index (χ4n) is 3.42. The molecule has 1 aromatic rings. The SMILES string of the molecule is CCC1NCCn2c(C3CCCCCC3)nnc21. The smallest absolute Gasteiger partial charge is 0.150 e. The quantitative estimate of drug-likeness (QED) is 0.818. The third-order valence-corrected chi connectivity index (χ3v) is 4.47. The standard InChI is InChI=1S/C14H24N4/c1-2-12-14-17-16-13(18(14)10-9-15-12)11-7-5-3-4-6-8-11/h11-12,15H,2-10H2,1H3. The van der Waals surface area contributed by atoms with E-state index in [4.69, 9.17) is 0 Å². The summed E-state index contributed by atoms with van der Waals surface area (Å²) in [4.78, 5) is 0. The normalized spacial score (nSPS) is 25.7. The van der Waals surface area contributed by atoms with Gasteiger partial charge in [0.1, 0.15) is 11.6 Å². The molecule has 100 valence electrons. The second kappa shape index (κ2) is 5.39. The Morgan fingerprint density at radius 1 is 1.11 bits per heavy atom. The molecule has 18 heavy (non-hydrogen) atoms. The maximum absolute atomic E-state index is 4.53. The zero-order chi connectivity index (χ0) is 12.4. The molecule has 1 aliphatic carbocycles. The second-order valence-corrected chi connectivity index (χ2v) is 5.67. The number of nitrogens with one attached hydrogen (secondary N) is 1. The average molecular weight is 248 g/mol. The van der Waals surface area contributed by atoms with Crippen LogP contribution in [0.1, 0.15) is 75.5 Å². The van der Waals surface area contributed by atoms with Crippen LogP contribution in [0.15, 0.2) is 0 Å². The molecule has 0 saturated heterocycles. The minimum absolute atomic E-state index is 0.408. The van der Waals surface area contributed by atoms with Crippen molar-refractivity contribution in [3.8, 4) is 0 Å². The summed E-state index contributed by atoms with van der Waals surface area (Å²) < 4.78 is 2.40. The number of aromatic nitrogens is 3. The van der Waals surface area contributed by atoms with Crippen molar-refractivity contribution in [2.75, 3.05) is 6.54 Å². The number of hydrogen-bond donors (Lipinski definition) is 1. The zero-order valence-corrected chi connectivity index (χ0v) is 11.4. The molecule has 0 bridgehead atoms. The van der Waals surface area contributed by atoms with E-state index in [-0.39, 0.29) is 0 Å². The molecule has 1 N–H and O–H groups in total. The van der Waals surface area contributed by atoms with Crippen LogP contribution in [0, 0.1) is 0 Å². The van der Waals surface area contributed by atoms with Crippen molar-refractivity contribution >= 4 is 0 Å². The molecule has 0 aromatic carbocycles. The highest BCUT2D eigenvalue weighted by atomic mass is 15.3. The number of nitrogens with zero attached hydrogens (tertiary/aromatic N) is 3. The lowest BCUT2D eigenvalue weighted by Gasteiger charge is -2.25. The minimum atomic E-state index is 0.408. The molecule has 1 unspecified atom stereocenters. The summed E-state index contributed by atoms with van der Waals surface area (Å²) in [7, 11) is 0. The third-order valence-electron chi connectivity index (χ3n) is 4.47. The van der Waals surface area contributed by atoms with Gasteiger partial charge in [0.25, 0.3) is 0 Å². The van der Waals surface area contributed by atoms with Crippen LogP contribution in [-0.4, -0.2) is 21.3 Å². The Balaban J connectivity index is 1.86. The van der Waals surface area contributed by atoms with Gasteiger partial charge in [-0.05, 0) is 19.3 Å². The van der Waals surface area contributed by atoms with Crippen LogP contribution < -0.4 is 5.32 Å². The van der Waals surface area contributed by atoms with Crippen molar-refractivity contribution in [3.63, 3.8) is 0 Å². The summed E-state index contributed by atoms with van der Waals surface area (Å²) in [5.74, 6) is 3.10. The summed E-state index contributed by atoms with van der Waals surface area (Å²) in [5.41, 5.74) is 0. The van der Waals surface area contributed by atoms with Crippen molar-refractivity contribution in [1.82, 2.24) is 20.1 Å². The van der Waals surface area contributed by atoms with Crippen molar-refractivity contribution < 1.29 is 0 Å². The molecule has 0 spiro atoms. The van der Waals surface area contributed by atoms with Gasteiger partial charge in [-0.3, -0.25) is 0 Å². The van der Waals surface area contributed by atoms with E-state index in [2.05, 4.69) is 27.0 Å². The maximum atomic E-state index is 4.53. The molecule has 4 heteroatoms. The number of rotatable bonds is 2. The zero-order valence-electron chi connectivity index (χ0n) is 11.4. The molecule has 1 aromatic heterocycles. The molecular formula is C14H24N4. The van der Waals surface area contributed by atoms with E-state index in [1.54, 1.807) is 0 Å².